The molecule has 0 heterocycles. The van der Waals surface area contributed by atoms with Gasteiger partial charge in [-0.3, -0.25) is 9.59 Å². The van der Waals surface area contributed by atoms with Gasteiger partial charge in [-0.2, -0.15) is 0 Å². The minimum Gasteiger partial charge on any atom is -0.339 e. The summed E-state index contributed by atoms with van der Waals surface area (Å²) >= 11 is 0. The molecule has 3 N–H and O–H groups in total. The first-order valence-corrected chi connectivity index (χ1v) is 10.9. The van der Waals surface area contributed by atoms with Crippen LogP contribution in [0, 0.1) is 20.8 Å². The molecule has 5 heteroatoms. The summed E-state index contributed by atoms with van der Waals surface area (Å²) in [6.45, 7) is 6.45. The van der Waals surface area contributed by atoms with Gasteiger partial charge in [0.15, 0.2) is 0 Å². The summed E-state index contributed by atoms with van der Waals surface area (Å²) in [5.41, 5.74) is 11.7. The molecule has 0 spiro atoms. The van der Waals surface area contributed by atoms with Crippen LogP contribution in [0.15, 0.2) is 72.8 Å². The van der Waals surface area contributed by atoms with Crippen molar-refractivity contribution in [3.8, 4) is 0 Å². The van der Waals surface area contributed by atoms with Crippen molar-refractivity contribution in [1.29, 1.82) is 0 Å². The monoisotopic (exact) mass is 429 g/mol. The molecule has 0 aliphatic rings. The average Bonchev–Trinajstić information content (AvgIpc) is 2.81. The summed E-state index contributed by atoms with van der Waals surface area (Å²) in [7, 11) is 0. The van der Waals surface area contributed by atoms with Crippen LogP contribution in [0.3, 0.4) is 0 Å². The number of hydrogen-bond acceptors (Lipinski definition) is 3. The maximum Gasteiger partial charge on any atom is 0.254 e. The van der Waals surface area contributed by atoms with Crippen LogP contribution < -0.4 is 16.0 Å². The molecule has 0 aromatic heterocycles. The van der Waals surface area contributed by atoms with Crippen molar-refractivity contribution in [2.24, 2.45) is 5.73 Å². The third kappa shape index (κ3) is 5.83. The first-order valence-electron chi connectivity index (χ1n) is 10.9. The Labute approximate surface area is 190 Å². The summed E-state index contributed by atoms with van der Waals surface area (Å²) in [5, 5.41) is 2.81. The minimum absolute atomic E-state index is 0.177. The van der Waals surface area contributed by atoms with Crippen LogP contribution in [0.4, 0.5) is 5.69 Å². The predicted molar refractivity (Wildman–Crippen MR) is 130 cm³/mol. The number of benzene rings is 3. The summed E-state index contributed by atoms with van der Waals surface area (Å²) in [4.78, 5) is 27.8. The fraction of sp³-hybridized carbons (Fsp3) is 0.259. The van der Waals surface area contributed by atoms with Crippen molar-refractivity contribution >= 4 is 17.5 Å². The van der Waals surface area contributed by atoms with Gasteiger partial charge in [-0.1, -0.05) is 66.2 Å². The van der Waals surface area contributed by atoms with Gasteiger partial charge in [0.1, 0.15) is 6.04 Å². The molecule has 166 valence electrons. The SMILES string of the molecule is Cc1ccc(CCN(C(=O)C(NC(=O)CN)c2ccccc2)c2ccc(C)c(C)c2)cc1. The molecule has 1 unspecified atom stereocenters. The fourth-order valence-electron chi connectivity index (χ4n) is 3.56. The fourth-order valence-corrected chi connectivity index (χ4v) is 3.56. The highest BCUT2D eigenvalue weighted by Crippen LogP contribution is 2.24. The second-order valence-corrected chi connectivity index (χ2v) is 8.11. The molecule has 0 aliphatic heterocycles. The lowest BCUT2D eigenvalue weighted by atomic mass is 10.0. The number of carbonyl (C=O) groups is 2. The van der Waals surface area contributed by atoms with Gasteiger partial charge in [0.25, 0.3) is 5.91 Å². The standard InChI is InChI=1S/C27H31N3O2/c1-19-9-12-22(13-10-19)15-16-30(24-14-11-20(2)21(3)17-24)27(32)26(29-25(31)18-28)23-7-5-4-6-8-23/h4-14,17,26H,15-16,18,28H2,1-3H3,(H,29,31). The molecule has 1 atom stereocenters. The summed E-state index contributed by atoms with van der Waals surface area (Å²) in [6, 6.07) is 22.8. The van der Waals surface area contributed by atoms with E-state index in [0.717, 1.165) is 27.9 Å². The molecule has 2 amide bonds. The zero-order valence-corrected chi connectivity index (χ0v) is 19.0. The van der Waals surface area contributed by atoms with Gasteiger partial charge in [-0.05, 0) is 61.6 Å². The number of nitrogens with one attached hydrogen (secondary N) is 1. The van der Waals surface area contributed by atoms with Crippen LogP contribution in [0.25, 0.3) is 0 Å². The van der Waals surface area contributed by atoms with Gasteiger partial charge in [0.2, 0.25) is 5.91 Å². The quantitative estimate of drug-likeness (QED) is 0.568. The van der Waals surface area contributed by atoms with Crippen LogP contribution in [0.2, 0.25) is 0 Å². The lowest BCUT2D eigenvalue weighted by molar-refractivity contribution is -0.127. The van der Waals surface area contributed by atoms with Crippen molar-refractivity contribution in [2.45, 2.75) is 33.2 Å². The van der Waals surface area contributed by atoms with E-state index in [4.69, 9.17) is 5.73 Å². The Morgan fingerprint density at radius 1 is 0.906 bits per heavy atom. The Balaban J connectivity index is 1.96. The molecule has 3 rings (SSSR count). The van der Waals surface area contributed by atoms with E-state index in [0.29, 0.717) is 13.0 Å². The smallest absolute Gasteiger partial charge is 0.254 e. The summed E-state index contributed by atoms with van der Waals surface area (Å²) in [5.74, 6) is -0.556. The van der Waals surface area contributed by atoms with E-state index < -0.39 is 6.04 Å². The van der Waals surface area contributed by atoms with Gasteiger partial charge in [0.05, 0.1) is 6.54 Å². The van der Waals surface area contributed by atoms with E-state index >= 15 is 0 Å². The molecule has 0 bridgehead atoms. The zero-order valence-electron chi connectivity index (χ0n) is 19.0. The van der Waals surface area contributed by atoms with Crippen molar-refractivity contribution < 1.29 is 9.59 Å². The minimum atomic E-state index is -0.813. The molecule has 0 fully saturated rings. The average molecular weight is 430 g/mol. The van der Waals surface area contributed by atoms with E-state index in [2.05, 4.69) is 36.5 Å². The van der Waals surface area contributed by atoms with Gasteiger partial charge in [-0.25, -0.2) is 0 Å². The molecule has 32 heavy (non-hydrogen) atoms. The first-order chi connectivity index (χ1) is 15.4. The van der Waals surface area contributed by atoms with Gasteiger partial charge in [0, 0.05) is 12.2 Å². The predicted octanol–water partition coefficient (Wildman–Crippen LogP) is 4.00. The Bertz CT molecular complexity index is 1060. The van der Waals surface area contributed by atoms with Crippen molar-refractivity contribution in [3.63, 3.8) is 0 Å². The Morgan fingerprint density at radius 3 is 2.22 bits per heavy atom. The lowest BCUT2D eigenvalue weighted by Gasteiger charge is -2.29. The number of aryl methyl sites for hydroxylation is 3. The first kappa shape index (κ1) is 23.2. The van der Waals surface area contributed by atoms with Crippen LogP contribution in [0.5, 0.6) is 0 Å². The number of rotatable bonds is 8. The number of hydrogen-bond donors (Lipinski definition) is 2. The van der Waals surface area contributed by atoms with E-state index in [-0.39, 0.29) is 18.4 Å². The van der Waals surface area contributed by atoms with Gasteiger partial charge in [-0.15, -0.1) is 0 Å². The van der Waals surface area contributed by atoms with Crippen molar-refractivity contribution in [3.05, 3.63) is 101 Å². The lowest BCUT2D eigenvalue weighted by Crippen LogP contribution is -2.45. The highest BCUT2D eigenvalue weighted by molar-refractivity contribution is 6.00. The normalized spacial score (nSPS) is 11.6. The largest absolute Gasteiger partial charge is 0.339 e. The molecule has 0 radical (unpaired) electrons. The van der Waals surface area contributed by atoms with Crippen LogP contribution in [-0.2, 0) is 16.0 Å². The molecule has 0 saturated heterocycles. The Hall–Kier alpha value is -3.44. The highest BCUT2D eigenvalue weighted by Gasteiger charge is 2.28. The number of anilines is 1. The third-order valence-electron chi connectivity index (χ3n) is 5.68. The maximum absolute atomic E-state index is 13.8. The second kappa shape index (κ2) is 10.7. The molecule has 3 aromatic carbocycles. The molecular formula is C27H31N3O2. The maximum atomic E-state index is 13.8. The number of nitrogens with two attached hydrogens (primary N) is 1. The molecule has 3 aromatic rings. The molecule has 5 nitrogen and oxygen atoms in total. The van der Waals surface area contributed by atoms with Crippen molar-refractivity contribution in [2.75, 3.05) is 18.0 Å². The van der Waals surface area contributed by atoms with Gasteiger partial charge < -0.3 is 16.0 Å². The van der Waals surface area contributed by atoms with Crippen molar-refractivity contribution in [1.82, 2.24) is 5.32 Å². The third-order valence-corrected chi connectivity index (χ3v) is 5.68. The second-order valence-electron chi connectivity index (χ2n) is 8.11. The highest BCUT2D eigenvalue weighted by atomic mass is 16.2. The van der Waals surface area contributed by atoms with Crippen LogP contribution in [0.1, 0.15) is 33.9 Å². The van der Waals surface area contributed by atoms with Crippen LogP contribution >= 0.6 is 0 Å². The Morgan fingerprint density at radius 2 is 1.59 bits per heavy atom. The van der Waals surface area contributed by atoms with E-state index in [9.17, 15) is 9.59 Å². The van der Waals surface area contributed by atoms with Crippen LogP contribution in [-0.4, -0.2) is 24.9 Å². The molecular weight excluding hydrogens is 398 g/mol. The number of amides is 2. The molecule has 0 saturated carbocycles. The number of carbonyl (C=O) groups excluding carboxylic acids is 2. The summed E-state index contributed by atoms with van der Waals surface area (Å²) < 4.78 is 0. The van der Waals surface area contributed by atoms with Gasteiger partial charge >= 0.3 is 0 Å². The van der Waals surface area contributed by atoms with E-state index in [1.165, 1.54) is 5.56 Å². The number of nitrogens with zero attached hydrogens (tertiary/aromatic N) is 1. The summed E-state index contributed by atoms with van der Waals surface area (Å²) in [6.07, 6.45) is 0.700. The Kier molecular flexibility index (Phi) is 7.79. The van der Waals surface area contributed by atoms with E-state index in [1.54, 1.807) is 4.90 Å². The topological polar surface area (TPSA) is 75.4 Å². The zero-order chi connectivity index (χ0) is 23.1. The van der Waals surface area contributed by atoms with E-state index in [1.807, 2.05) is 62.4 Å². The molecule has 0 aliphatic carbocycles.